The van der Waals surface area contributed by atoms with Gasteiger partial charge in [-0.2, -0.15) is 13.2 Å². The summed E-state index contributed by atoms with van der Waals surface area (Å²) in [5.41, 5.74) is 2.03. The monoisotopic (exact) mass is 480 g/mol. The zero-order chi connectivity index (χ0) is 24.7. The fourth-order valence-electron chi connectivity index (χ4n) is 4.42. The molecule has 1 aromatic heterocycles. The van der Waals surface area contributed by atoms with Crippen LogP contribution in [0.3, 0.4) is 0 Å². The van der Waals surface area contributed by atoms with Crippen LogP contribution in [0.4, 0.5) is 33.3 Å². The van der Waals surface area contributed by atoms with E-state index >= 15 is 0 Å². The van der Waals surface area contributed by atoms with Gasteiger partial charge in [-0.05, 0) is 77.2 Å². The van der Waals surface area contributed by atoms with E-state index in [4.69, 9.17) is 0 Å². The van der Waals surface area contributed by atoms with Crippen molar-refractivity contribution in [3.8, 4) is 11.1 Å². The minimum atomic E-state index is -4.50. The second-order valence-electron chi connectivity index (χ2n) is 8.27. The van der Waals surface area contributed by atoms with Gasteiger partial charge in [-0.15, -0.1) is 0 Å². The second-order valence-corrected chi connectivity index (χ2v) is 8.27. The van der Waals surface area contributed by atoms with Crippen molar-refractivity contribution in [1.82, 2.24) is 4.98 Å². The van der Waals surface area contributed by atoms with E-state index in [9.17, 15) is 26.7 Å². The van der Waals surface area contributed by atoms with Gasteiger partial charge in [0, 0.05) is 18.5 Å². The van der Waals surface area contributed by atoms with Gasteiger partial charge in [0.05, 0.1) is 22.9 Å². The Morgan fingerprint density at radius 2 is 1.51 bits per heavy atom. The first-order valence-electron chi connectivity index (χ1n) is 10.7. The number of benzene rings is 3. The van der Waals surface area contributed by atoms with Crippen molar-refractivity contribution >= 4 is 17.3 Å². The van der Waals surface area contributed by atoms with Crippen LogP contribution in [0.5, 0.6) is 0 Å². The van der Waals surface area contributed by atoms with E-state index in [1.807, 2.05) is 0 Å². The first kappa shape index (κ1) is 22.7. The van der Waals surface area contributed by atoms with Gasteiger partial charge in [-0.1, -0.05) is 18.2 Å². The Morgan fingerprint density at radius 3 is 2.20 bits per heavy atom. The molecule has 1 amide bonds. The summed E-state index contributed by atoms with van der Waals surface area (Å²) in [5, 5.41) is 0. The first-order valence-corrected chi connectivity index (χ1v) is 10.7. The topological polar surface area (TPSA) is 33.2 Å². The largest absolute Gasteiger partial charge is 0.416 e. The number of rotatable bonds is 4. The van der Waals surface area contributed by atoms with Crippen LogP contribution in [0.1, 0.15) is 22.6 Å². The minimum Gasteiger partial charge on any atom is -0.280 e. The van der Waals surface area contributed by atoms with Crippen LogP contribution < -0.4 is 4.90 Å². The van der Waals surface area contributed by atoms with Gasteiger partial charge >= 0.3 is 6.18 Å². The van der Waals surface area contributed by atoms with Crippen LogP contribution >= 0.6 is 0 Å². The third kappa shape index (κ3) is 4.39. The number of pyridine rings is 1. The van der Waals surface area contributed by atoms with E-state index in [-0.39, 0.29) is 12.3 Å². The Kier molecular flexibility index (Phi) is 5.59. The molecule has 1 atom stereocenters. The van der Waals surface area contributed by atoms with Crippen molar-refractivity contribution in [3.63, 3.8) is 0 Å². The normalized spacial score (nSPS) is 15.4. The van der Waals surface area contributed by atoms with Crippen LogP contribution in [0.2, 0.25) is 0 Å². The molecule has 3 aromatic carbocycles. The van der Waals surface area contributed by atoms with Gasteiger partial charge in [0.2, 0.25) is 5.91 Å². The van der Waals surface area contributed by atoms with Crippen LogP contribution in [-0.4, -0.2) is 10.9 Å². The summed E-state index contributed by atoms with van der Waals surface area (Å²) in [4.78, 5) is 19.0. The molecule has 4 aromatic rings. The number of nitrogens with zero attached hydrogens (tertiary/aromatic N) is 2. The van der Waals surface area contributed by atoms with Gasteiger partial charge in [-0.3, -0.25) is 14.7 Å². The molecule has 0 spiro atoms. The zero-order valence-electron chi connectivity index (χ0n) is 18.1. The highest BCUT2D eigenvalue weighted by Crippen LogP contribution is 2.45. The number of alkyl halides is 3. The molecule has 0 aliphatic carbocycles. The van der Waals surface area contributed by atoms with E-state index in [1.54, 1.807) is 36.4 Å². The Balaban J connectivity index is 1.62. The lowest BCUT2D eigenvalue weighted by Gasteiger charge is -2.18. The molecule has 3 nitrogen and oxygen atoms in total. The van der Waals surface area contributed by atoms with Gasteiger partial charge < -0.3 is 0 Å². The molecular formula is C27H17F5N2O. The van der Waals surface area contributed by atoms with Crippen molar-refractivity contribution in [2.75, 3.05) is 4.90 Å². The fraction of sp³-hybridized carbons (Fsp3) is 0.111. The summed E-state index contributed by atoms with van der Waals surface area (Å²) >= 11 is 0. The van der Waals surface area contributed by atoms with Crippen LogP contribution in [0.15, 0.2) is 85.2 Å². The zero-order valence-corrected chi connectivity index (χ0v) is 18.1. The summed E-state index contributed by atoms with van der Waals surface area (Å²) in [5.74, 6) is -2.61. The smallest absolute Gasteiger partial charge is 0.280 e. The average Bonchev–Trinajstić information content (AvgIpc) is 3.09. The van der Waals surface area contributed by atoms with Crippen LogP contribution in [-0.2, 0) is 17.4 Å². The summed E-state index contributed by atoms with van der Waals surface area (Å²) in [6, 6.07) is 16.3. The third-order valence-corrected chi connectivity index (χ3v) is 5.97. The fourth-order valence-corrected chi connectivity index (χ4v) is 4.42. The Hall–Kier alpha value is -4.07. The molecule has 1 aliphatic rings. The minimum absolute atomic E-state index is 0.0220. The van der Waals surface area contributed by atoms with E-state index < -0.39 is 29.3 Å². The molecule has 1 aliphatic heterocycles. The lowest BCUT2D eigenvalue weighted by molar-refractivity contribution is -0.137. The third-order valence-electron chi connectivity index (χ3n) is 5.97. The molecule has 0 radical (unpaired) electrons. The molecule has 0 N–H and O–H groups in total. The van der Waals surface area contributed by atoms with Gasteiger partial charge in [0.15, 0.2) is 0 Å². The molecule has 0 fully saturated rings. The van der Waals surface area contributed by atoms with Crippen molar-refractivity contribution < 1.29 is 26.7 Å². The Labute approximate surface area is 197 Å². The number of hydrogen-bond acceptors (Lipinski definition) is 2. The Bertz CT molecular complexity index is 1400. The predicted octanol–water partition coefficient (Wildman–Crippen LogP) is 7.05. The summed E-state index contributed by atoms with van der Waals surface area (Å²) in [7, 11) is 0. The lowest BCUT2D eigenvalue weighted by atomic mass is 9.90. The van der Waals surface area contributed by atoms with Crippen LogP contribution in [0.25, 0.3) is 11.1 Å². The predicted molar refractivity (Wildman–Crippen MR) is 121 cm³/mol. The summed E-state index contributed by atoms with van der Waals surface area (Å²) in [6.45, 7) is 0. The molecule has 2 heterocycles. The first-order chi connectivity index (χ1) is 16.7. The highest BCUT2D eigenvalue weighted by Gasteiger charge is 2.38. The number of anilines is 2. The molecule has 176 valence electrons. The molecule has 8 heteroatoms. The number of fused-ring (bicyclic) bond motifs is 1. The SMILES string of the molecule is O=C1C(Cc2cc(F)cc(F)c2)c2cc(-c3cccc(C(F)(F)F)c3)ccc2N1c1ccncc1. The molecule has 1 unspecified atom stereocenters. The number of aromatic nitrogens is 1. The van der Waals surface area contributed by atoms with Gasteiger partial charge in [-0.25, -0.2) is 8.78 Å². The van der Waals surface area contributed by atoms with E-state index in [2.05, 4.69) is 4.98 Å². The lowest BCUT2D eigenvalue weighted by Crippen LogP contribution is -2.24. The van der Waals surface area contributed by atoms with Crippen molar-refractivity contribution in [2.24, 2.45) is 0 Å². The molecule has 0 bridgehead atoms. The number of carbonyl (C=O) groups is 1. The van der Waals surface area contributed by atoms with Gasteiger partial charge in [0.25, 0.3) is 0 Å². The quantitative estimate of drug-likeness (QED) is 0.293. The van der Waals surface area contributed by atoms with E-state index in [0.717, 1.165) is 18.2 Å². The number of hydrogen-bond donors (Lipinski definition) is 0. The number of carbonyl (C=O) groups excluding carboxylic acids is 1. The number of amides is 1. The van der Waals surface area contributed by atoms with E-state index in [1.165, 1.54) is 35.5 Å². The van der Waals surface area contributed by atoms with Gasteiger partial charge in [0.1, 0.15) is 11.6 Å². The van der Waals surface area contributed by atoms with Crippen molar-refractivity contribution in [1.29, 1.82) is 0 Å². The summed E-state index contributed by atoms with van der Waals surface area (Å²) < 4.78 is 67.4. The molecular weight excluding hydrogens is 463 g/mol. The standard InChI is InChI=1S/C27H17F5N2O/c28-20-10-16(11-21(29)15-20)12-24-23-14-18(17-2-1-3-19(13-17)27(30,31)32)4-5-25(23)34(26(24)35)22-6-8-33-9-7-22/h1-11,13-15,24H,12H2. The molecule has 0 saturated carbocycles. The molecule has 35 heavy (non-hydrogen) atoms. The van der Waals surface area contributed by atoms with Crippen LogP contribution in [0, 0.1) is 11.6 Å². The maximum absolute atomic E-state index is 13.8. The maximum atomic E-state index is 13.8. The average molecular weight is 480 g/mol. The highest BCUT2D eigenvalue weighted by atomic mass is 19.4. The number of halogens is 5. The Morgan fingerprint density at radius 1 is 0.829 bits per heavy atom. The summed E-state index contributed by atoms with van der Waals surface area (Å²) in [6.07, 6.45) is -1.40. The highest BCUT2D eigenvalue weighted by molar-refractivity contribution is 6.10. The van der Waals surface area contributed by atoms with Crippen molar-refractivity contribution in [2.45, 2.75) is 18.5 Å². The van der Waals surface area contributed by atoms with Crippen molar-refractivity contribution in [3.05, 3.63) is 114 Å². The molecule has 0 saturated heterocycles. The van der Waals surface area contributed by atoms with E-state index in [0.29, 0.717) is 33.6 Å². The second kappa shape index (κ2) is 8.61. The molecule has 5 rings (SSSR count). The maximum Gasteiger partial charge on any atom is 0.416 e.